The predicted molar refractivity (Wildman–Crippen MR) is 72.4 cm³/mol. The van der Waals surface area contributed by atoms with Gasteiger partial charge >= 0.3 is 0 Å². The van der Waals surface area contributed by atoms with Gasteiger partial charge in [0.2, 0.25) is 5.91 Å². The van der Waals surface area contributed by atoms with Gasteiger partial charge in [-0.1, -0.05) is 31.2 Å². The van der Waals surface area contributed by atoms with Gasteiger partial charge in [-0.25, -0.2) is 0 Å². The van der Waals surface area contributed by atoms with Crippen molar-refractivity contribution in [3.05, 3.63) is 35.4 Å². The lowest BCUT2D eigenvalue weighted by Gasteiger charge is -2.13. The summed E-state index contributed by atoms with van der Waals surface area (Å²) in [6, 6.07) is 8.26. The van der Waals surface area contributed by atoms with E-state index in [1.165, 1.54) is 11.1 Å². The van der Waals surface area contributed by atoms with Crippen LogP contribution < -0.4 is 5.32 Å². The Balaban J connectivity index is 2.41. The molecule has 1 rings (SSSR count). The molecule has 0 aliphatic heterocycles. The van der Waals surface area contributed by atoms with Gasteiger partial charge in [0.05, 0.1) is 0 Å². The van der Waals surface area contributed by atoms with Crippen LogP contribution in [0.5, 0.6) is 0 Å². The third-order valence-electron chi connectivity index (χ3n) is 2.93. The molecule has 0 saturated heterocycles. The van der Waals surface area contributed by atoms with E-state index in [9.17, 15) is 4.79 Å². The number of nitrogens with one attached hydrogen (secondary N) is 1. The second-order valence-electron chi connectivity index (χ2n) is 4.25. The van der Waals surface area contributed by atoms with Crippen molar-refractivity contribution >= 4 is 17.5 Å². The standard InChI is InChI=1S/C14H20ClNO/c1-3-13(10-15)16-14(17)9-8-12-7-5-4-6-11(12)2/h4-7,13H,3,8-10H2,1-2H3,(H,16,17). The summed E-state index contributed by atoms with van der Waals surface area (Å²) in [6.45, 7) is 4.09. The molecule has 17 heavy (non-hydrogen) atoms. The average Bonchev–Trinajstić information content (AvgIpc) is 2.35. The Kier molecular flexibility index (Phi) is 6.06. The molecule has 94 valence electrons. The van der Waals surface area contributed by atoms with Crippen molar-refractivity contribution in [2.45, 2.75) is 39.2 Å². The van der Waals surface area contributed by atoms with Gasteiger partial charge in [0.25, 0.3) is 0 Å². The third-order valence-corrected chi connectivity index (χ3v) is 3.30. The molecule has 1 unspecified atom stereocenters. The minimum absolute atomic E-state index is 0.0840. The zero-order chi connectivity index (χ0) is 12.7. The smallest absolute Gasteiger partial charge is 0.220 e. The number of halogens is 1. The molecule has 0 aliphatic rings. The molecule has 1 amide bonds. The number of aryl methyl sites for hydroxylation is 2. The lowest BCUT2D eigenvalue weighted by Crippen LogP contribution is -2.35. The van der Waals surface area contributed by atoms with Crippen LogP contribution in [0.2, 0.25) is 0 Å². The molecule has 0 heterocycles. The van der Waals surface area contributed by atoms with Crippen LogP contribution >= 0.6 is 11.6 Å². The Labute approximate surface area is 108 Å². The van der Waals surface area contributed by atoms with E-state index < -0.39 is 0 Å². The molecule has 0 saturated carbocycles. The number of alkyl halides is 1. The zero-order valence-electron chi connectivity index (χ0n) is 10.5. The number of amides is 1. The molecule has 1 aromatic carbocycles. The SMILES string of the molecule is CCC(CCl)NC(=O)CCc1ccccc1C. The second kappa shape index (κ2) is 7.33. The fourth-order valence-corrected chi connectivity index (χ4v) is 1.98. The quantitative estimate of drug-likeness (QED) is 0.776. The summed E-state index contributed by atoms with van der Waals surface area (Å²) >= 11 is 5.74. The number of hydrogen-bond donors (Lipinski definition) is 1. The van der Waals surface area contributed by atoms with Gasteiger partial charge < -0.3 is 5.32 Å². The van der Waals surface area contributed by atoms with Crippen LogP contribution in [0.3, 0.4) is 0 Å². The first-order valence-corrected chi connectivity index (χ1v) is 6.60. The molecule has 3 heteroatoms. The van der Waals surface area contributed by atoms with Crippen molar-refractivity contribution in [2.75, 3.05) is 5.88 Å². The molecule has 0 radical (unpaired) electrons. The first-order chi connectivity index (χ1) is 8.17. The van der Waals surface area contributed by atoms with Gasteiger partial charge in [-0.05, 0) is 30.9 Å². The first kappa shape index (κ1) is 14.0. The summed E-state index contributed by atoms with van der Waals surface area (Å²) in [6.07, 6.45) is 2.19. The number of carbonyl (C=O) groups is 1. The zero-order valence-corrected chi connectivity index (χ0v) is 11.3. The highest BCUT2D eigenvalue weighted by Crippen LogP contribution is 2.09. The number of benzene rings is 1. The Morgan fingerprint density at radius 1 is 1.41 bits per heavy atom. The van der Waals surface area contributed by atoms with Gasteiger partial charge in [-0.2, -0.15) is 0 Å². The summed E-state index contributed by atoms with van der Waals surface area (Å²) in [5.74, 6) is 0.563. The van der Waals surface area contributed by atoms with Crippen molar-refractivity contribution in [3.8, 4) is 0 Å². The van der Waals surface area contributed by atoms with Gasteiger partial charge in [0, 0.05) is 18.3 Å². The molecule has 0 aromatic heterocycles. The molecule has 0 bridgehead atoms. The highest BCUT2D eigenvalue weighted by atomic mass is 35.5. The van der Waals surface area contributed by atoms with Crippen molar-refractivity contribution < 1.29 is 4.79 Å². The lowest BCUT2D eigenvalue weighted by atomic mass is 10.0. The van der Waals surface area contributed by atoms with Crippen molar-refractivity contribution in [1.29, 1.82) is 0 Å². The van der Waals surface area contributed by atoms with Crippen molar-refractivity contribution in [1.82, 2.24) is 5.32 Å². The molecule has 2 nitrogen and oxygen atoms in total. The molecule has 1 aromatic rings. The van der Waals surface area contributed by atoms with E-state index >= 15 is 0 Å². The summed E-state index contributed by atoms with van der Waals surface area (Å²) in [5.41, 5.74) is 2.48. The van der Waals surface area contributed by atoms with Crippen LogP contribution in [0.1, 0.15) is 30.9 Å². The Morgan fingerprint density at radius 3 is 2.71 bits per heavy atom. The minimum Gasteiger partial charge on any atom is -0.352 e. The highest BCUT2D eigenvalue weighted by Gasteiger charge is 2.09. The van der Waals surface area contributed by atoms with Gasteiger partial charge in [-0.3, -0.25) is 4.79 Å². The second-order valence-corrected chi connectivity index (χ2v) is 4.56. The van der Waals surface area contributed by atoms with E-state index in [0.29, 0.717) is 12.3 Å². The van der Waals surface area contributed by atoms with Gasteiger partial charge in [0.1, 0.15) is 0 Å². The molecule has 0 spiro atoms. The van der Waals surface area contributed by atoms with Crippen LogP contribution in [-0.2, 0) is 11.2 Å². The maximum Gasteiger partial charge on any atom is 0.220 e. The number of carbonyl (C=O) groups excluding carboxylic acids is 1. The highest BCUT2D eigenvalue weighted by molar-refractivity contribution is 6.18. The topological polar surface area (TPSA) is 29.1 Å². The van der Waals surface area contributed by atoms with Crippen LogP contribution in [0.25, 0.3) is 0 Å². The average molecular weight is 254 g/mol. The Bertz CT molecular complexity index is 361. The van der Waals surface area contributed by atoms with E-state index in [1.54, 1.807) is 0 Å². The summed E-state index contributed by atoms with van der Waals surface area (Å²) in [7, 11) is 0. The van der Waals surface area contributed by atoms with Crippen LogP contribution in [0.4, 0.5) is 0 Å². The molecular weight excluding hydrogens is 234 g/mol. The van der Waals surface area contributed by atoms with E-state index in [-0.39, 0.29) is 11.9 Å². The van der Waals surface area contributed by atoms with Crippen LogP contribution in [-0.4, -0.2) is 17.8 Å². The molecule has 0 aliphatic carbocycles. The maximum atomic E-state index is 11.7. The monoisotopic (exact) mass is 253 g/mol. The van der Waals surface area contributed by atoms with Crippen LogP contribution in [0, 0.1) is 6.92 Å². The van der Waals surface area contributed by atoms with Gasteiger partial charge in [0.15, 0.2) is 0 Å². The maximum absolute atomic E-state index is 11.7. The third kappa shape index (κ3) is 4.78. The number of rotatable bonds is 6. The van der Waals surface area contributed by atoms with Crippen molar-refractivity contribution in [2.24, 2.45) is 0 Å². The fraction of sp³-hybridized carbons (Fsp3) is 0.500. The normalized spacial score (nSPS) is 12.2. The fourth-order valence-electron chi connectivity index (χ4n) is 1.69. The first-order valence-electron chi connectivity index (χ1n) is 6.07. The van der Waals surface area contributed by atoms with Crippen molar-refractivity contribution in [3.63, 3.8) is 0 Å². The largest absolute Gasteiger partial charge is 0.352 e. The lowest BCUT2D eigenvalue weighted by molar-refractivity contribution is -0.121. The molecule has 1 atom stereocenters. The van der Waals surface area contributed by atoms with Crippen LogP contribution in [0.15, 0.2) is 24.3 Å². The Morgan fingerprint density at radius 2 is 2.12 bits per heavy atom. The molecular formula is C14H20ClNO. The van der Waals surface area contributed by atoms with E-state index in [2.05, 4.69) is 24.4 Å². The number of hydrogen-bond acceptors (Lipinski definition) is 1. The van der Waals surface area contributed by atoms with Gasteiger partial charge in [-0.15, -0.1) is 11.6 Å². The summed E-state index contributed by atoms with van der Waals surface area (Å²) < 4.78 is 0. The van der Waals surface area contributed by atoms with E-state index in [0.717, 1.165) is 12.8 Å². The minimum atomic E-state index is 0.0840. The molecule has 0 fully saturated rings. The summed E-state index contributed by atoms with van der Waals surface area (Å²) in [5, 5.41) is 2.94. The van der Waals surface area contributed by atoms with E-state index in [1.807, 2.05) is 19.1 Å². The van der Waals surface area contributed by atoms with E-state index in [4.69, 9.17) is 11.6 Å². The summed E-state index contributed by atoms with van der Waals surface area (Å²) in [4.78, 5) is 11.7. The Hall–Kier alpha value is -1.02. The predicted octanol–water partition coefficient (Wildman–Crippen LogP) is 3.06. The molecule has 1 N–H and O–H groups in total.